The van der Waals surface area contributed by atoms with Gasteiger partial charge in [-0.05, 0) is 42.3 Å². The third kappa shape index (κ3) is 3.94. The maximum Gasteiger partial charge on any atom is 0.363 e. The van der Waals surface area contributed by atoms with Gasteiger partial charge in [0, 0.05) is 6.08 Å². The van der Waals surface area contributed by atoms with Crippen LogP contribution in [0.25, 0.3) is 12.2 Å². The van der Waals surface area contributed by atoms with Crippen LogP contribution in [-0.4, -0.2) is 11.9 Å². The Labute approximate surface area is 149 Å². The van der Waals surface area contributed by atoms with Crippen LogP contribution in [-0.2, 0) is 9.53 Å². The lowest BCUT2D eigenvalue weighted by Gasteiger charge is -1.97. The molecular formula is C19H13Cl2NO2. The molecule has 0 aliphatic carbocycles. The summed E-state index contributed by atoms with van der Waals surface area (Å²) in [4.78, 5) is 16.1. The fourth-order valence-corrected chi connectivity index (χ4v) is 2.41. The van der Waals surface area contributed by atoms with Crippen molar-refractivity contribution in [1.29, 1.82) is 0 Å². The summed E-state index contributed by atoms with van der Waals surface area (Å²) in [5, 5.41) is 0.874. The van der Waals surface area contributed by atoms with Crippen molar-refractivity contribution in [3.63, 3.8) is 0 Å². The average molecular weight is 358 g/mol. The van der Waals surface area contributed by atoms with E-state index in [1.165, 1.54) is 5.56 Å². The molecule has 2 aromatic rings. The van der Waals surface area contributed by atoms with Crippen LogP contribution < -0.4 is 0 Å². The number of aryl methyl sites for hydroxylation is 1. The molecular weight excluding hydrogens is 345 g/mol. The van der Waals surface area contributed by atoms with Gasteiger partial charge in [0.25, 0.3) is 0 Å². The monoisotopic (exact) mass is 357 g/mol. The Hall–Kier alpha value is -2.36. The van der Waals surface area contributed by atoms with E-state index in [0.29, 0.717) is 10.0 Å². The topological polar surface area (TPSA) is 38.7 Å². The largest absolute Gasteiger partial charge is 0.403 e. The number of ether oxygens (including phenoxy) is 1. The number of rotatable bonds is 3. The predicted octanol–water partition coefficient (Wildman–Crippen LogP) is 5.31. The molecule has 0 amide bonds. The second kappa shape index (κ2) is 7.04. The lowest BCUT2D eigenvalue weighted by Crippen LogP contribution is -2.01. The Balaban J connectivity index is 1.80. The van der Waals surface area contributed by atoms with E-state index in [2.05, 4.69) is 4.99 Å². The summed E-state index contributed by atoms with van der Waals surface area (Å²) >= 11 is 11.8. The Bertz CT molecular complexity index is 881. The first-order valence-electron chi connectivity index (χ1n) is 7.23. The number of carbonyl (C=O) groups excluding carboxylic acids is 1. The fourth-order valence-electron chi connectivity index (χ4n) is 2.10. The van der Waals surface area contributed by atoms with Gasteiger partial charge in [0.05, 0.1) is 10.0 Å². The van der Waals surface area contributed by atoms with Crippen LogP contribution in [0.4, 0.5) is 0 Å². The van der Waals surface area contributed by atoms with Gasteiger partial charge in [-0.3, -0.25) is 0 Å². The molecule has 1 aliphatic heterocycles. The minimum Gasteiger partial charge on any atom is -0.403 e. The van der Waals surface area contributed by atoms with Crippen molar-refractivity contribution in [3.8, 4) is 0 Å². The van der Waals surface area contributed by atoms with Gasteiger partial charge in [-0.25, -0.2) is 9.79 Å². The second-order valence-corrected chi connectivity index (χ2v) is 6.10. The minimum absolute atomic E-state index is 0.219. The molecule has 0 saturated carbocycles. The maximum absolute atomic E-state index is 11.9. The summed E-state index contributed by atoms with van der Waals surface area (Å²) in [6.07, 6.45) is 5.11. The van der Waals surface area contributed by atoms with Crippen molar-refractivity contribution >= 4 is 47.2 Å². The summed E-state index contributed by atoms with van der Waals surface area (Å²) in [6, 6.07) is 13.1. The predicted molar refractivity (Wildman–Crippen MR) is 98.2 cm³/mol. The Kier molecular flexibility index (Phi) is 4.84. The molecule has 0 spiro atoms. The van der Waals surface area contributed by atoms with E-state index in [9.17, 15) is 4.79 Å². The number of nitrogens with zero attached hydrogens (tertiary/aromatic N) is 1. The van der Waals surface area contributed by atoms with Gasteiger partial charge >= 0.3 is 5.97 Å². The maximum atomic E-state index is 11.9. The van der Waals surface area contributed by atoms with E-state index in [1.54, 1.807) is 30.4 Å². The summed E-state index contributed by atoms with van der Waals surface area (Å²) in [5.74, 6) is -0.239. The standard InChI is InChI=1S/C19H13Cl2NO2/c1-12-2-4-13(5-3-12)7-9-18-22-17(19(23)24-18)11-14-6-8-15(20)16(21)10-14/h2-11H,1H3. The van der Waals surface area contributed by atoms with E-state index >= 15 is 0 Å². The quantitative estimate of drug-likeness (QED) is 0.551. The Morgan fingerprint density at radius 2 is 1.67 bits per heavy atom. The average Bonchev–Trinajstić information content (AvgIpc) is 2.90. The number of hydrogen-bond acceptors (Lipinski definition) is 3. The summed E-state index contributed by atoms with van der Waals surface area (Å²) in [5.41, 5.74) is 3.13. The van der Waals surface area contributed by atoms with E-state index in [4.69, 9.17) is 27.9 Å². The molecule has 0 N–H and O–H groups in total. The van der Waals surface area contributed by atoms with Gasteiger partial charge in [-0.15, -0.1) is 0 Å². The number of aliphatic imine (C=N–C) groups is 1. The molecule has 0 saturated heterocycles. The van der Waals surface area contributed by atoms with Crippen molar-refractivity contribution in [2.45, 2.75) is 6.92 Å². The van der Waals surface area contributed by atoms with Crippen LogP contribution in [0, 0.1) is 6.92 Å². The van der Waals surface area contributed by atoms with Crippen LogP contribution in [0.15, 0.2) is 59.2 Å². The smallest absolute Gasteiger partial charge is 0.363 e. The van der Waals surface area contributed by atoms with E-state index in [0.717, 1.165) is 11.1 Å². The van der Waals surface area contributed by atoms with Gasteiger partial charge in [0.2, 0.25) is 5.90 Å². The normalized spacial score (nSPS) is 15.9. The highest BCUT2D eigenvalue weighted by atomic mass is 35.5. The Morgan fingerprint density at radius 1 is 0.958 bits per heavy atom. The lowest BCUT2D eigenvalue weighted by atomic mass is 10.1. The highest BCUT2D eigenvalue weighted by Crippen LogP contribution is 2.25. The van der Waals surface area contributed by atoms with Crippen LogP contribution >= 0.6 is 23.2 Å². The molecule has 24 heavy (non-hydrogen) atoms. The van der Waals surface area contributed by atoms with Crippen LogP contribution in [0.1, 0.15) is 16.7 Å². The first-order valence-corrected chi connectivity index (χ1v) is 7.99. The molecule has 120 valence electrons. The Morgan fingerprint density at radius 3 is 2.38 bits per heavy atom. The molecule has 1 heterocycles. The number of esters is 1. The number of carbonyl (C=O) groups is 1. The fraction of sp³-hybridized carbons (Fsp3) is 0.0526. The third-order valence-corrected chi connectivity index (χ3v) is 4.12. The molecule has 3 nitrogen and oxygen atoms in total. The van der Waals surface area contributed by atoms with Crippen molar-refractivity contribution < 1.29 is 9.53 Å². The molecule has 0 atom stereocenters. The van der Waals surface area contributed by atoms with Gasteiger partial charge in [0.1, 0.15) is 0 Å². The minimum atomic E-state index is -0.496. The summed E-state index contributed by atoms with van der Waals surface area (Å²) < 4.78 is 5.14. The molecule has 5 heteroatoms. The molecule has 0 fully saturated rings. The molecule has 0 bridgehead atoms. The number of hydrogen-bond donors (Lipinski definition) is 0. The zero-order valence-corrected chi connectivity index (χ0v) is 14.3. The van der Waals surface area contributed by atoms with Crippen LogP contribution in [0.3, 0.4) is 0 Å². The number of cyclic esters (lactones) is 1. The molecule has 3 rings (SSSR count). The van der Waals surface area contributed by atoms with E-state index in [-0.39, 0.29) is 11.6 Å². The molecule has 0 aromatic heterocycles. The number of halogens is 2. The molecule has 2 aromatic carbocycles. The van der Waals surface area contributed by atoms with Crippen LogP contribution in [0.2, 0.25) is 10.0 Å². The summed E-state index contributed by atoms with van der Waals surface area (Å²) in [6.45, 7) is 2.02. The molecule has 1 aliphatic rings. The van der Waals surface area contributed by atoms with Crippen molar-refractivity contribution in [3.05, 3.63) is 81.0 Å². The van der Waals surface area contributed by atoms with Crippen LogP contribution in [0.5, 0.6) is 0 Å². The van der Waals surface area contributed by atoms with Crippen molar-refractivity contribution in [2.24, 2.45) is 4.99 Å². The van der Waals surface area contributed by atoms with Gasteiger partial charge in [-0.1, -0.05) is 59.1 Å². The zero-order valence-electron chi connectivity index (χ0n) is 12.8. The van der Waals surface area contributed by atoms with E-state index < -0.39 is 5.97 Å². The first-order chi connectivity index (χ1) is 11.5. The second-order valence-electron chi connectivity index (χ2n) is 5.29. The van der Waals surface area contributed by atoms with Gasteiger partial charge < -0.3 is 4.74 Å². The number of benzene rings is 2. The van der Waals surface area contributed by atoms with Crippen molar-refractivity contribution in [1.82, 2.24) is 0 Å². The lowest BCUT2D eigenvalue weighted by molar-refractivity contribution is -0.129. The van der Waals surface area contributed by atoms with E-state index in [1.807, 2.05) is 37.3 Å². The highest BCUT2D eigenvalue weighted by Gasteiger charge is 2.21. The molecule has 0 unspecified atom stereocenters. The van der Waals surface area contributed by atoms with Gasteiger partial charge in [-0.2, -0.15) is 0 Å². The SMILES string of the molecule is Cc1ccc(C=CC2=NC(=Cc3ccc(Cl)c(Cl)c3)C(=O)O2)cc1. The van der Waals surface area contributed by atoms with Gasteiger partial charge in [0.15, 0.2) is 5.70 Å². The molecule has 0 radical (unpaired) electrons. The third-order valence-electron chi connectivity index (χ3n) is 3.38. The zero-order chi connectivity index (χ0) is 17.1. The summed E-state index contributed by atoms with van der Waals surface area (Å²) in [7, 11) is 0. The van der Waals surface area contributed by atoms with Crippen molar-refractivity contribution in [2.75, 3.05) is 0 Å². The highest BCUT2D eigenvalue weighted by molar-refractivity contribution is 6.42. The first kappa shape index (κ1) is 16.5.